The van der Waals surface area contributed by atoms with E-state index in [-0.39, 0.29) is 11.9 Å². The van der Waals surface area contributed by atoms with Crippen LogP contribution in [0, 0.1) is 5.92 Å². The van der Waals surface area contributed by atoms with Crippen LogP contribution in [-0.4, -0.2) is 24.6 Å². The normalized spacial score (nSPS) is 16.5. The van der Waals surface area contributed by atoms with Crippen LogP contribution in [0.4, 0.5) is 5.00 Å². The van der Waals surface area contributed by atoms with E-state index in [1.165, 1.54) is 11.3 Å². The number of hydrogen-bond donors (Lipinski definition) is 1. The molecular weight excluding hydrogens is 445 g/mol. The van der Waals surface area contributed by atoms with Gasteiger partial charge in [0.25, 0.3) is 5.91 Å². The first-order valence-electron chi connectivity index (χ1n) is 10.0. The Morgan fingerprint density at radius 2 is 2.10 bits per heavy atom. The van der Waals surface area contributed by atoms with Crippen LogP contribution in [0.1, 0.15) is 54.4 Å². The first-order chi connectivity index (χ1) is 14.3. The lowest BCUT2D eigenvalue weighted by atomic mass is 9.88. The molecule has 0 spiro atoms. The van der Waals surface area contributed by atoms with Crippen molar-refractivity contribution in [3.63, 3.8) is 0 Å². The summed E-state index contributed by atoms with van der Waals surface area (Å²) in [6.07, 6.45) is 2.65. The molecule has 1 aliphatic carbocycles. The van der Waals surface area contributed by atoms with Gasteiger partial charge in [-0.3, -0.25) is 4.79 Å². The number of fused-ring (bicyclic) bond motifs is 1. The molecule has 2 aromatic rings. The predicted octanol–water partition coefficient (Wildman–Crippen LogP) is 6.15. The molecule has 3 rings (SSSR count). The molecule has 1 N–H and O–H groups in total. The molecule has 5 nitrogen and oxygen atoms in total. The van der Waals surface area contributed by atoms with Gasteiger partial charge < -0.3 is 14.8 Å². The minimum atomic E-state index is -0.818. The highest BCUT2D eigenvalue weighted by molar-refractivity contribution is 7.17. The van der Waals surface area contributed by atoms with Crippen molar-refractivity contribution in [2.75, 3.05) is 11.9 Å². The zero-order chi connectivity index (χ0) is 21.8. The summed E-state index contributed by atoms with van der Waals surface area (Å²) < 4.78 is 11.1. The molecule has 1 aromatic carbocycles. The molecule has 2 atom stereocenters. The molecule has 30 heavy (non-hydrogen) atoms. The molecule has 2 unspecified atom stereocenters. The standard InChI is InChI=1S/C22H25Cl2NO4S/c1-4-9-28-22(27)19-15-7-5-12(2)10-18(15)30-21(19)25-20(26)13(3)29-17-8-6-14(23)11-16(17)24/h6,8,11-13H,4-5,7,9-10H2,1-3H3,(H,25,26). The number of hydrogen-bond acceptors (Lipinski definition) is 5. The Kier molecular flexibility index (Phi) is 7.66. The topological polar surface area (TPSA) is 64.6 Å². The van der Waals surface area contributed by atoms with E-state index in [0.717, 1.165) is 36.1 Å². The summed E-state index contributed by atoms with van der Waals surface area (Å²) in [5.74, 6) is 0.171. The Bertz CT molecular complexity index is 943. The number of esters is 1. The van der Waals surface area contributed by atoms with Crippen molar-refractivity contribution in [2.24, 2.45) is 5.92 Å². The zero-order valence-corrected chi connectivity index (χ0v) is 19.5. The third-order valence-corrected chi connectivity index (χ3v) is 6.66. The number of halogens is 2. The number of carbonyl (C=O) groups is 2. The molecule has 0 bridgehead atoms. The molecule has 1 heterocycles. The van der Waals surface area contributed by atoms with E-state index in [4.69, 9.17) is 32.7 Å². The molecule has 8 heteroatoms. The van der Waals surface area contributed by atoms with Crippen molar-refractivity contribution < 1.29 is 19.1 Å². The number of amides is 1. The second-order valence-electron chi connectivity index (χ2n) is 7.52. The third-order valence-electron chi connectivity index (χ3n) is 4.96. The van der Waals surface area contributed by atoms with Crippen LogP contribution in [0.2, 0.25) is 10.0 Å². The molecule has 1 aromatic heterocycles. The summed E-state index contributed by atoms with van der Waals surface area (Å²) in [6, 6.07) is 4.82. The number of rotatable bonds is 7. The van der Waals surface area contributed by atoms with Gasteiger partial charge in [0.1, 0.15) is 10.8 Å². The second-order valence-corrected chi connectivity index (χ2v) is 9.46. The van der Waals surface area contributed by atoms with Crippen molar-refractivity contribution in [1.29, 1.82) is 0 Å². The van der Waals surface area contributed by atoms with Gasteiger partial charge in [0.05, 0.1) is 17.2 Å². The van der Waals surface area contributed by atoms with Gasteiger partial charge in [0, 0.05) is 9.90 Å². The number of thiophene rings is 1. The maximum Gasteiger partial charge on any atom is 0.341 e. The van der Waals surface area contributed by atoms with Crippen LogP contribution in [0.15, 0.2) is 18.2 Å². The molecule has 1 amide bonds. The predicted molar refractivity (Wildman–Crippen MR) is 121 cm³/mol. The molecule has 0 fully saturated rings. The van der Waals surface area contributed by atoms with E-state index in [0.29, 0.717) is 38.9 Å². The summed E-state index contributed by atoms with van der Waals surface area (Å²) in [5.41, 5.74) is 1.49. The largest absolute Gasteiger partial charge is 0.479 e. The van der Waals surface area contributed by atoms with Crippen LogP contribution in [0.5, 0.6) is 5.75 Å². The highest BCUT2D eigenvalue weighted by Crippen LogP contribution is 2.40. The molecule has 1 aliphatic rings. The minimum Gasteiger partial charge on any atom is -0.479 e. The smallest absolute Gasteiger partial charge is 0.341 e. The average Bonchev–Trinajstić information content (AvgIpc) is 3.04. The first-order valence-corrected chi connectivity index (χ1v) is 11.6. The number of carbonyl (C=O) groups excluding carboxylic acids is 2. The fraction of sp³-hybridized carbons (Fsp3) is 0.455. The molecule has 0 radical (unpaired) electrons. The number of nitrogens with one attached hydrogen (secondary N) is 1. The van der Waals surface area contributed by atoms with Crippen LogP contribution in [-0.2, 0) is 22.4 Å². The summed E-state index contributed by atoms with van der Waals surface area (Å²) >= 11 is 13.5. The zero-order valence-electron chi connectivity index (χ0n) is 17.2. The Labute approximate surface area is 190 Å². The minimum absolute atomic E-state index is 0.326. The summed E-state index contributed by atoms with van der Waals surface area (Å²) in [7, 11) is 0. The Hall–Kier alpha value is -1.76. The Morgan fingerprint density at radius 3 is 2.80 bits per heavy atom. The van der Waals surface area contributed by atoms with Crippen molar-refractivity contribution in [3.8, 4) is 5.75 Å². The van der Waals surface area contributed by atoms with Gasteiger partial charge in [0.2, 0.25) is 0 Å². The number of anilines is 1. The molecular formula is C22H25Cl2NO4S. The van der Waals surface area contributed by atoms with Gasteiger partial charge in [-0.05, 0) is 62.3 Å². The second kappa shape index (κ2) is 10.0. The van der Waals surface area contributed by atoms with Gasteiger partial charge in [-0.1, -0.05) is 37.0 Å². The van der Waals surface area contributed by atoms with Crippen LogP contribution in [0.25, 0.3) is 0 Å². The third kappa shape index (κ3) is 5.29. The lowest BCUT2D eigenvalue weighted by Gasteiger charge is -2.18. The summed E-state index contributed by atoms with van der Waals surface area (Å²) in [6.45, 7) is 6.12. The quantitative estimate of drug-likeness (QED) is 0.493. The van der Waals surface area contributed by atoms with Crippen LogP contribution >= 0.6 is 34.5 Å². The summed E-state index contributed by atoms with van der Waals surface area (Å²) in [4.78, 5) is 26.7. The first kappa shape index (κ1) is 22.9. The van der Waals surface area contributed by atoms with E-state index < -0.39 is 6.10 Å². The van der Waals surface area contributed by atoms with E-state index >= 15 is 0 Å². The van der Waals surface area contributed by atoms with Gasteiger partial charge in [-0.15, -0.1) is 11.3 Å². The molecule has 0 saturated carbocycles. The van der Waals surface area contributed by atoms with Gasteiger partial charge in [-0.25, -0.2) is 4.79 Å². The monoisotopic (exact) mass is 469 g/mol. The van der Waals surface area contributed by atoms with E-state index in [9.17, 15) is 9.59 Å². The molecule has 162 valence electrons. The van der Waals surface area contributed by atoms with E-state index in [1.807, 2.05) is 6.92 Å². The fourth-order valence-electron chi connectivity index (χ4n) is 3.35. The maximum absolute atomic E-state index is 12.8. The molecule has 0 aliphatic heterocycles. The van der Waals surface area contributed by atoms with Crippen molar-refractivity contribution in [3.05, 3.63) is 44.2 Å². The average molecular weight is 470 g/mol. The van der Waals surface area contributed by atoms with Crippen molar-refractivity contribution in [2.45, 2.75) is 52.6 Å². The fourth-order valence-corrected chi connectivity index (χ4v) is 5.20. The number of ether oxygens (including phenoxy) is 2. The van der Waals surface area contributed by atoms with Crippen LogP contribution < -0.4 is 10.1 Å². The SMILES string of the molecule is CCCOC(=O)c1c(NC(=O)C(C)Oc2ccc(Cl)cc2Cl)sc2c1CCC(C)C2. The maximum atomic E-state index is 12.8. The van der Waals surface area contributed by atoms with E-state index in [1.54, 1.807) is 25.1 Å². The lowest BCUT2D eigenvalue weighted by Crippen LogP contribution is -2.30. The van der Waals surface area contributed by atoms with Crippen molar-refractivity contribution >= 4 is 51.4 Å². The Balaban J connectivity index is 1.80. The highest BCUT2D eigenvalue weighted by atomic mass is 35.5. The van der Waals surface area contributed by atoms with Gasteiger partial charge >= 0.3 is 5.97 Å². The summed E-state index contributed by atoms with van der Waals surface area (Å²) in [5, 5.41) is 4.21. The van der Waals surface area contributed by atoms with Crippen molar-refractivity contribution in [1.82, 2.24) is 0 Å². The van der Waals surface area contributed by atoms with Gasteiger partial charge in [0.15, 0.2) is 6.10 Å². The van der Waals surface area contributed by atoms with Crippen LogP contribution in [0.3, 0.4) is 0 Å². The Morgan fingerprint density at radius 1 is 1.33 bits per heavy atom. The van der Waals surface area contributed by atoms with E-state index in [2.05, 4.69) is 12.2 Å². The van der Waals surface area contributed by atoms with Gasteiger partial charge in [-0.2, -0.15) is 0 Å². The highest BCUT2D eigenvalue weighted by Gasteiger charge is 2.30. The number of benzene rings is 1. The lowest BCUT2D eigenvalue weighted by molar-refractivity contribution is -0.122. The molecule has 0 saturated heterocycles.